The summed E-state index contributed by atoms with van der Waals surface area (Å²) in [4.78, 5) is 8.32. The van der Waals surface area contributed by atoms with Crippen LogP contribution < -0.4 is 4.74 Å². The highest BCUT2D eigenvalue weighted by Gasteiger charge is 2.13. The smallest absolute Gasteiger partial charge is 0.241 e. The number of aryl methyl sites for hydroxylation is 2. The largest absolute Gasteiger partial charge is 0.437 e. The molecule has 0 aliphatic carbocycles. The highest BCUT2D eigenvalue weighted by atomic mass is 35.5. The molecule has 0 saturated heterocycles. The molecular formula is C15H10ClN3OS. The monoisotopic (exact) mass is 315 g/mol. The molecule has 0 N–H and O–H groups in total. The van der Waals surface area contributed by atoms with Crippen LogP contribution in [0.15, 0.2) is 23.6 Å². The molecule has 0 amide bonds. The Morgan fingerprint density at radius 3 is 2.62 bits per heavy atom. The van der Waals surface area contributed by atoms with Crippen molar-refractivity contribution in [1.82, 2.24) is 9.97 Å². The van der Waals surface area contributed by atoms with E-state index in [9.17, 15) is 0 Å². The normalized spacial score (nSPS) is 10.6. The van der Waals surface area contributed by atoms with Gasteiger partial charge >= 0.3 is 0 Å². The van der Waals surface area contributed by atoms with Crippen molar-refractivity contribution in [3.8, 4) is 17.7 Å². The van der Waals surface area contributed by atoms with Gasteiger partial charge in [-0.2, -0.15) is 10.2 Å². The summed E-state index contributed by atoms with van der Waals surface area (Å²) in [7, 11) is 0. The highest BCUT2D eigenvalue weighted by molar-refractivity contribution is 7.17. The first-order chi connectivity index (χ1) is 10.1. The van der Waals surface area contributed by atoms with Gasteiger partial charge in [0.25, 0.3) is 0 Å². The summed E-state index contributed by atoms with van der Waals surface area (Å²) < 4.78 is 6.81. The predicted octanol–water partition coefficient (Wildman–Crippen LogP) is 4.63. The maximum Gasteiger partial charge on any atom is 0.241 e. The molecule has 0 radical (unpaired) electrons. The zero-order valence-electron chi connectivity index (χ0n) is 11.3. The van der Waals surface area contributed by atoms with Gasteiger partial charge in [0.15, 0.2) is 0 Å². The maximum atomic E-state index is 8.99. The first-order valence-corrected chi connectivity index (χ1v) is 7.44. The summed E-state index contributed by atoms with van der Waals surface area (Å²) in [5.41, 5.74) is 3.13. The molecule has 0 aliphatic rings. The second-order valence-corrected chi connectivity index (χ2v) is 5.84. The van der Waals surface area contributed by atoms with Crippen LogP contribution in [-0.2, 0) is 0 Å². The van der Waals surface area contributed by atoms with E-state index in [1.807, 2.05) is 25.3 Å². The molecule has 3 rings (SSSR count). The molecular weight excluding hydrogens is 306 g/mol. The first kappa shape index (κ1) is 13.8. The van der Waals surface area contributed by atoms with E-state index in [1.165, 1.54) is 11.3 Å². The summed E-state index contributed by atoms with van der Waals surface area (Å²) >= 11 is 7.43. The summed E-state index contributed by atoms with van der Waals surface area (Å²) in [5, 5.41) is 11.1. The second-order valence-electron chi connectivity index (χ2n) is 4.59. The van der Waals surface area contributed by atoms with E-state index in [1.54, 1.807) is 12.1 Å². The highest BCUT2D eigenvalue weighted by Crippen LogP contribution is 2.35. The molecule has 104 valence electrons. The second kappa shape index (κ2) is 5.32. The number of fused-ring (bicyclic) bond motifs is 1. The van der Waals surface area contributed by atoms with Crippen molar-refractivity contribution in [3.63, 3.8) is 0 Å². The van der Waals surface area contributed by atoms with E-state index >= 15 is 0 Å². The lowest BCUT2D eigenvalue weighted by molar-refractivity contribution is 0.462. The zero-order valence-corrected chi connectivity index (χ0v) is 12.9. The van der Waals surface area contributed by atoms with Crippen LogP contribution in [0.5, 0.6) is 11.6 Å². The Hall–Kier alpha value is -2.16. The van der Waals surface area contributed by atoms with Gasteiger partial charge in [-0.05, 0) is 60.2 Å². The van der Waals surface area contributed by atoms with Crippen LogP contribution in [-0.4, -0.2) is 9.97 Å². The van der Waals surface area contributed by atoms with E-state index in [0.29, 0.717) is 17.2 Å². The standard InChI is InChI=1S/C15H10ClN3OS/c1-8-5-10(7-17)6-9(2)12(8)20-14-13-11(3-4-21-13)18-15(16)19-14/h3-6H,1-2H3. The minimum Gasteiger partial charge on any atom is -0.437 e. The van der Waals surface area contributed by atoms with Crippen molar-refractivity contribution >= 4 is 33.2 Å². The lowest BCUT2D eigenvalue weighted by atomic mass is 10.1. The van der Waals surface area contributed by atoms with Crippen molar-refractivity contribution < 1.29 is 4.74 Å². The van der Waals surface area contributed by atoms with Crippen molar-refractivity contribution in [3.05, 3.63) is 45.6 Å². The van der Waals surface area contributed by atoms with Gasteiger partial charge in [-0.3, -0.25) is 0 Å². The van der Waals surface area contributed by atoms with Crippen LogP contribution in [0.25, 0.3) is 10.2 Å². The van der Waals surface area contributed by atoms with Crippen molar-refractivity contribution in [2.45, 2.75) is 13.8 Å². The summed E-state index contributed by atoms with van der Waals surface area (Å²) in [6, 6.07) is 7.58. The third-order valence-electron chi connectivity index (χ3n) is 3.03. The van der Waals surface area contributed by atoms with Crippen LogP contribution in [0.3, 0.4) is 0 Å². The van der Waals surface area contributed by atoms with Crippen molar-refractivity contribution in [1.29, 1.82) is 5.26 Å². The number of halogens is 1. The Bertz CT molecular complexity index is 859. The predicted molar refractivity (Wildman–Crippen MR) is 83.1 cm³/mol. The number of hydrogen-bond acceptors (Lipinski definition) is 5. The number of benzene rings is 1. The molecule has 0 saturated carbocycles. The fourth-order valence-corrected chi connectivity index (χ4v) is 3.07. The van der Waals surface area contributed by atoms with Gasteiger partial charge < -0.3 is 4.74 Å². The molecule has 0 atom stereocenters. The van der Waals surface area contributed by atoms with Gasteiger partial charge in [-0.1, -0.05) is 0 Å². The molecule has 1 aromatic carbocycles. The molecule has 0 spiro atoms. The fraction of sp³-hybridized carbons (Fsp3) is 0.133. The van der Waals surface area contributed by atoms with Gasteiger partial charge in [-0.25, -0.2) is 4.98 Å². The number of aromatic nitrogens is 2. The lowest BCUT2D eigenvalue weighted by Crippen LogP contribution is -1.96. The van der Waals surface area contributed by atoms with Crippen molar-refractivity contribution in [2.24, 2.45) is 0 Å². The molecule has 0 unspecified atom stereocenters. The number of hydrogen-bond donors (Lipinski definition) is 0. The maximum absolute atomic E-state index is 8.99. The molecule has 0 aliphatic heterocycles. The average molecular weight is 316 g/mol. The van der Waals surface area contributed by atoms with Gasteiger partial charge in [0, 0.05) is 0 Å². The third-order valence-corrected chi connectivity index (χ3v) is 4.09. The minimum atomic E-state index is 0.153. The molecule has 4 nitrogen and oxygen atoms in total. The molecule has 2 heterocycles. The summed E-state index contributed by atoms with van der Waals surface area (Å²) in [6.45, 7) is 3.80. The van der Waals surface area contributed by atoms with Crippen LogP contribution in [0.2, 0.25) is 5.28 Å². The Labute approximate surface area is 130 Å². The van der Waals surface area contributed by atoms with Crippen LogP contribution in [0.1, 0.15) is 16.7 Å². The SMILES string of the molecule is Cc1cc(C#N)cc(C)c1Oc1nc(Cl)nc2ccsc12. The van der Waals surface area contributed by atoms with Gasteiger partial charge in [0.2, 0.25) is 11.2 Å². The Morgan fingerprint density at radius 2 is 1.95 bits per heavy atom. The number of thiophene rings is 1. The van der Waals surface area contributed by atoms with Crippen LogP contribution in [0.4, 0.5) is 0 Å². The van der Waals surface area contributed by atoms with E-state index < -0.39 is 0 Å². The number of nitriles is 1. The van der Waals surface area contributed by atoms with Crippen LogP contribution >= 0.6 is 22.9 Å². The Balaban J connectivity index is 2.11. The third kappa shape index (κ3) is 2.56. The molecule has 21 heavy (non-hydrogen) atoms. The van der Waals surface area contributed by atoms with E-state index in [4.69, 9.17) is 21.6 Å². The van der Waals surface area contributed by atoms with Gasteiger partial charge in [0.05, 0.1) is 17.1 Å². The topological polar surface area (TPSA) is 58.8 Å². The quantitative estimate of drug-likeness (QED) is 0.647. The Kier molecular flexibility index (Phi) is 3.50. The van der Waals surface area contributed by atoms with Gasteiger partial charge in [-0.15, -0.1) is 11.3 Å². The number of ether oxygens (including phenoxy) is 1. The Morgan fingerprint density at radius 1 is 1.24 bits per heavy atom. The summed E-state index contributed by atoms with van der Waals surface area (Å²) in [6.07, 6.45) is 0. The average Bonchev–Trinajstić information content (AvgIpc) is 2.90. The number of rotatable bonds is 2. The summed E-state index contributed by atoms with van der Waals surface area (Å²) in [5.74, 6) is 1.13. The minimum absolute atomic E-state index is 0.153. The van der Waals surface area contributed by atoms with E-state index in [-0.39, 0.29) is 5.28 Å². The van der Waals surface area contributed by atoms with Crippen molar-refractivity contribution in [2.75, 3.05) is 0 Å². The van der Waals surface area contributed by atoms with E-state index in [2.05, 4.69) is 16.0 Å². The molecule has 2 aromatic heterocycles. The molecule has 0 fully saturated rings. The lowest BCUT2D eigenvalue weighted by Gasteiger charge is -2.12. The molecule has 6 heteroatoms. The first-order valence-electron chi connectivity index (χ1n) is 6.18. The zero-order chi connectivity index (χ0) is 15.0. The molecule has 0 bridgehead atoms. The van der Waals surface area contributed by atoms with Gasteiger partial charge in [0.1, 0.15) is 10.4 Å². The molecule has 3 aromatic rings. The number of nitrogens with zero attached hydrogens (tertiary/aromatic N) is 3. The van der Waals surface area contributed by atoms with Crippen LogP contribution in [0, 0.1) is 25.2 Å². The fourth-order valence-electron chi connectivity index (χ4n) is 2.15. The van der Waals surface area contributed by atoms with E-state index in [0.717, 1.165) is 21.3 Å².